The third-order valence-electron chi connectivity index (χ3n) is 2.72. The van der Waals surface area contributed by atoms with Gasteiger partial charge in [-0.15, -0.1) is 0 Å². The minimum absolute atomic E-state index is 0.210. The molecule has 1 aromatic carbocycles. The molecule has 0 bridgehead atoms. The monoisotopic (exact) mass is 303 g/mol. The third-order valence-corrected chi connectivity index (χ3v) is 2.97. The Balaban J connectivity index is 1.60. The molecule has 0 saturated carbocycles. The molecule has 0 unspecified atom stereocenters. The molecule has 0 radical (unpaired) electrons. The van der Waals surface area contributed by atoms with Gasteiger partial charge in [0.2, 0.25) is 0 Å². The van der Waals surface area contributed by atoms with Crippen molar-refractivity contribution in [3.05, 3.63) is 54.1 Å². The normalized spacial score (nSPS) is 10.1. The molecule has 110 valence electrons. The number of thiocarbonyl (C=S) groups is 1. The Morgan fingerprint density at radius 3 is 2.76 bits per heavy atom. The summed E-state index contributed by atoms with van der Waals surface area (Å²) in [5.41, 5.74) is 1.61. The number of H-pyrrole nitrogens is 1. The summed E-state index contributed by atoms with van der Waals surface area (Å²) < 4.78 is 0. The van der Waals surface area contributed by atoms with Gasteiger partial charge in [-0.05, 0) is 24.4 Å². The second-order valence-electron chi connectivity index (χ2n) is 4.33. The van der Waals surface area contributed by atoms with Gasteiger partial charge in [0.15, 0.2) is 5.11 Å². The molecule has 2 aromatic rings. The largest absolute Gasteiger partial charge is 0.361 e. The molecule has 7 heteroatoms. The van der Waals surface area contributed by atoms with Crippen LogP contribution in [0.2, 0.25) is 0 Å². The van der Waals surface area contributed by atoms with E-state index in [1.807, 2.05) is 18.2 Å². The maximum absolute atomic E-state index is 11.8. The number of carbonyl (C=O) groups is 1. The number of carbonyl (C=O) groups excluding carboxylic acids is 1. The van der Waals surface area contributed by atoms with Gasteiger partial charge < -0.3 is 15.6 Å². The number of nitrogens with one attached hydrogen (secondary N) is 4. The summed E-state index contributed by atoms with van der Waals surface area (Å²) in [5, 5.41) is 9.16. The quantitative estimate of drug-likeness (QED) is 0.469. The number of benzene rings is 1. The van der Waals surface area contributed by atoms with Gasteiger partial charge in [0.1, 0.15) is 0 Å². The van der Waals surface area contributed by atoms with Gasteiger partial charge in [0.05, 0.1) is 6.33 Å². The predicted molar refractivity (Wildman–Crippen MR) is 84.8 cm³/mol. The van der Waals surface area contributed by atoms with Gasteiger partial charge in [0.25, 0.3) is 5.91 Å². The summed E-state index contributed by atoms with van der Waals surface area (Å²) in [6.07, 6.45) is 3.41. The number of amides is 1. The number of hydrogen-bond acceptors (Lipinski definition) is 4. The SMILES string of the molecule is O=C(NC(=S)NCCNCc1cnc[nH]1)c1ccccc1. The molecule has 4 N–H and O–H groups in total. The van der Waals surface area contributed by atoms with Gasteiger partial charge in [0, 0.05) is 37.1 Å². The molecule has 0 atom stereocenters. The number of imidazole rings is 1. The van der Waals surface area contributed by atoms with Crippen molar-refractivity contribution >= 4 is 23.2 Å². The molecule has 1 amide bonds. The number of hydrogen-bond donors (Lipinski definition) is 4. The molecule has 21 heavy (non-hydrogen) atoms. The Morgan fingerprint density at radius 1 is 1.24 bits per heavy atom. The van der Waals surface area contributed by atoms with Crippen LogP contribution in [0.1, 0.15) is 16.1 Å². The summed E-state index contributed by atoms with van der Waals surface area (Å²) in [7, 11) is 0. The second-order valence-corrected chi connectivity index (χ2v) is 4.74. The molecule has 6 nitrogen and oxygen atoms in total. The summed E-state index contributed by atoms with van der Waals surface area (Å²) in [5.74, 6) is -0.210. The van der Waals surface area contributed by atoms with Gasteiger partial charge in [-0.3, -0.25) is 10.1 Å². The van der Waals surface area contributed by atoms with Crippen molar-refractivity contribution in [1.29, 1.82) is 0 Å². The lowest BCUT2D eigenvalue weighted by molar-refractivity contribution is 0.0976. The average Bonchev–Trinajstić information content (AvgIpc) is 3.01. The van der Waals surface area contributed by atoms with Crippen LogP contribution in [0.5, 0.6) is 0 Å². The van der Waals surface area contributed by atoms with E-state index in [0.717, 1.165) is 12.2 Å². The molecule has 0 aliphatic carbocycles. The van der Waals surface area contributed by atoms with Gasteiger partial charge in [-0.25, -0.2) is 4.98 Å². The second kappa shape index (κ2) is 8.13. The molecule has 2 rings (SSSR count). The van der Waals surface area contributed by atoms with E-state index in [-0.39, 0.29) is 5.91 Å². The summed E-state index contributed by atoms with van der Waals surface area (Å²) >= 11 is 5.07. The number of rotatable bonds is 6. The van der Waals surface area contributed by atoms with E-state index in [9.17, 15) is 4.79 Å². The van der Waals surface area contributed by atoms with E-state index in [0.29, 0.717) is 23.8 Å². The molecule has 0 saturated heterocycles. The van der Waals surface area contributed by atoms with Crippen molar-refractivity contribution < 1.29 is 4.79 Å². The molecule has 0 aliphatic heterocycles. The van der Waals surface area contributed by atoms with Gasteiger partial charge in [-0.1, -0.05) is 18.2 Å². The number of nitrogens with zero attached hydrogens (tertiary/aromatic N) is 1. The number of aromatic amines is 1. The van der Waals surface area contributed by atoms with Crippen LogP contribution in [0.25, 0.3) is 0 Å². The highest BCUT2D eigenvalue weighted by Gasteiger charge is 2.05. The van der Waals surface area contributed by atoms with Crippen molar-refractivity contribution in [3.63, 3.8) is 0 Å². The summed E-state index contributed by atoms with van der Waals surface area (Å²) in [6, 6.07) is 8.96. The first-order valence-corrected chi connectivity index (χ1v) is 6.99. The van der Waals surface area contributed by atoms with Crippen LogP contribution in [0.4, 0.5) is 0 Å². The van der Waals surface area contributed by atoms with Crippen molar-refractivity contribution in [2.75, 3.05) is 13.1 Å². The Labute approximate surface area is 128 Å². The van der Waals surface area contributed by atoms with Crippen LogP contribution >= 0.6 is 12.2 Å². The molecule has 0 fully saturated rings. The molecular formula is C14H17N5OS. The molecule has 1 heterocycles. The molecule has 0 aliphatic rings. The van der Waals surface area contributed by atoms with Crippen molar-refractivity contribution in [2.45, 2.75) is 6.54 Å². The minimum atomic E-state index is -0.210. The van der Waals surface area contributed by atoms with Crippen LogP contribution < -0.4 is 16.0 Å². The van der Waals surface area contributed by atoms with Crippen LogP contribution in [-0.4, -0.2) is 34.1 Å². The van der Waals surface area contributed by atoms with Crippen molar-refractivity contribution in [2.24, 2.45) is 0 Å². The van der Waals surface area contributed by atoms with Crippen LogP contribution in [0, 0.1) is 0 Å². The van der Waals surface area contributed by atoms with Crippen molar-refractivity contribution in [1.82, 2.24) is 25.9 Å². The zero-order chi connectivity index (χ0) is 14.9. The van der Waals surface area contributed by atoms with Crippen LogP contribution in [0.3, 0.4) is 0 Å². The number of aromatic nitrogens is 2. The van der Waals surface area contributed by atoms with Gasteiger partial charge >= 0.3 is 0 Å². The topological polar surface area (TPSA) is 81.8 Å². The average molecular weight is 303 g/mol. The predicted octanol–water partition coefficient (Wildman–Crippen LogP) is 0.804. The van der Waals surface area contributed by atoms with E-state index in [2.05, 4.69) is 25.9 Å². The molecule has 1 aromatic heterocycles. The smallest absolute Gasteiger partial charge is 0.257 e. The Kier molecular flexibility index (Phi) is 5.86. The van der Waals surface area contributed by atoms with Gasteiger partial charge in [-0.2, -0.15) is 0 Å². The highest BCUT2D eigenvalue weighted by Crippen LogP contribution is 1.97. The third kappa shape index (κ3) is 5.33. The van der Waals surface area contributed by atoms with Crippen LogP contribution in [0.15, 0.2) is 42.9 Å². The highest BCUT2D eigenvalue weighted by molar-refractivity contribution is 7.80. The lowest BCUT2D eigenvalue weighted by atomic mass is 10.2. The summed E-state index contributed by atoms with van der Waals surface area (Å²) in [6.45, 7) is 2.06. The van der Waals surface area contributed by atoms with Crippen LogP contribution in [-0.2, 0) is 6.54 Å². The zero-order valence-electron chi connectivity index (χ0n) is 11.4. The van der Waals surface area contributed by atoms with E-state index in [1.54, 1.807) is 24.7 Å². The first-order chi connectivity index (χ1) is 10.3. The van der Waals surface area contributed by atoms with E-state index < -0.39 is 0 Å². The first kappa shape index (κ1) is 15.1. The highest BCUT2D eigenvalue weighted by atomic mass is 32.1. The minimum Gasteiger partial charge on any atom is -0.361 e. The fraction of sp³-hybridized carbons (Fsp3) is 0.214. The molecule has 0 spiro atoms. The maximum atomic E-state index is 11.8. The Bertz CT molecular complexity index is 570. The lowest BCUT2D eigenvalue weighted by Gasteiger charge is -2.09. The summed E-state index contributed by atoms with van der Waals surface area (Å²) in [4.78, 5) is 18.8. The Morgan fingerprint density at radius 2 is 2.05 bits per heavy atom. The zero-order valence-corrected chi connectivity index (χ0v) is 12.2. The van der Waals surface area contributed by atoms with E-state index in [1.165, 1.54) is 0 Å². The fourth-order valence-corrected chi connectivity index (χ4v) is 1.87. The van der Waals surface area contributed by atoms with E-state index >= 15 is 0 Å². The standard InChI is InChI=1S/C14H17N5OS/c20-13(11-4-2-1-3-5-11)19-14(21)17-7-6-15-8-12-9-16-10-18-12/h1-5,9-10,15H,6-8H2,(H,16,18)(H2,17,19,20,21). The fourth-order valence-electron chi connectivity index (χ4n) is 1.68. The Hall–Kier alpha value is -2.25. The maximum Gasteiger partial charge on any atom is 0.257 e. The lowest BCUT2D eigenvalue weighted by Crippen LogP contribution is -2.41. The van der Waals surface area contributed by atoms with Crippen molar-refractivity contribution in [3.8, 4) is 0 Å². The molecular weight excluding hydrogens is 286 g/mol. The van der Waals surface area contributed by atoms with E-state index in [4.69, 9.17) is 12.2 Å². The first-order valence-electron chi connectivity index (χ1n) is 6.58.